The van der Waals surface area contributed by atoms with Gasteiger partial charge in [0, 0.05) is 49.6 Å². The minimum absolute atomic E-state index is 0.00785. The predicted octanol–water partition coefficient (Wildman–Crippen LogP) is 2.93. The lowest BCUT2D eigenvalue weighted by Gasteiger charge is -2.37. The van der Waals surface area contributed by atoms with Crippen LogP contribution in [0.3, 0.4) is 0 Å². The fourth-order valence-electron chi connectivity index (χ4n) is 4.11. The molecule has 27 heavy (non-hydrogen) atoms. The molecule has 1 saturated carbocycles. The van der Waals surface area contributed by atoms with Gasteiger partial charge in [-0.05, 0) is 43.9 Å². The Morgan fingerprint density at radius 3 is 2.30 bits per heavy atom. The summed E-state index contributed by atoms with van der Waals surface area (Å²) in [6.07, 6.45) is 3.22. The molecule has 2 aliphatic rings. The van der Waals surface area contributed by atoms with E-state index in [1.165, 1.54) is 0 Å². The molecule has 0 unspecified atom stereocenters. The van der Waals surface area contributed by atoms with Gasteiger partial charge in [0.15, 0.2) is 0 Å². The highest BCUT2D eigenvalue weighted by molar-refractivity contribution is 6.31. The van der Waals surface area contributed by atoms with Crippen LogP contribution in [0.15, 0.2) is 24.3 Å². The van der Waals surface area contributed by atoms with E-state index in [1.54, 1.807) is 0 Å². The Morgan fingerprint density at radius 1 is 1.04 bits per heavy atom. The highest BCUT2D eigenvalue weighted by Crippen LogP contribution is 2.30. The Morgan fingerprint density at radius 2 is 1.67 bits per heavy atom. The number of carbonyl (C=O) groups excluding carboxylic acids is 2. The maximum atomic E-state index is 12.8. The highest BCUT2D eigenvalue weighted by Gasteiger charge is 2.33. The van der Waals surface area contributed by atoms with Gasteiger partial charge in [0.1, 0.15) is 0 Å². The third kappa shape index (κ3) is 5.23. The molecule has 1 aliphatic heterocycles. The highest BCUT2D eigenvalue weighted by atomic mass is 35.5. The van der Waals surface area contributed by atoms with E-state index >= 15 is 0 Å². The molecule has 1 saturated heterocycles. The lowest BCUT2D eigenvalue weighted by Crippen LogP contribution is -2.50. The molecule has 2 fully saturated rings. The van der Waals surface area contributed by atoms with E-state index in [1.807, 2.05) is 29.2 Å². The molecule has 1 aromatic carbocycles. The average Bonchev–Trinajstić information content (AvgIpc) is 2.72. The van der Waals surface area contributed by atoms with Gasteiger partial charge in [-0.3, -0.25) is 9.59 Å². The minimum Gasteiger partial charge on any atom is -0.352 e. The first-order valence-electron chi connectivity index (χ1n) is 10.1. The van der Waals surface area contributed by atoms with Crippen LogP contribution in [-0.4, -0.2) is 54.3 Å². The molecule has 3 rings (SSSR count). The fraction of sp³-hybridized carbons (Fsp3) is 0.619. The van der Waals surface area contributed by atoms with Crippen LogP contribution in [-0.2, 0) is 16.1 Å². The molecular formula is C21H30ClN3O2. The van der Waals surface area contributed by atoms with Gasteiger partial charge >= 0.3 is 0 Å². The third-order valence-corrected chi connectivity index (χ3v) is 6.36. The Balaban J connectivity index is 1.42. The first-order chi connectivity index (χ1) is 13.1. The van der Waals surface area contributed by atoms with E-state index in [-0.39, 0.29) is 17.7 Å². The topological polar surface area (TPSA) is 52.7 Å². The monoisotopic (exact) mass is 391 g/mol. The molecule has 1 aromatic rings. The van der Waals surface area contributed by atoms with E-state index in [9.17, 15) is 9.59 Å². The minimum atomic E-state index is 0.00785. The Bertz CT molecular complexity index is 651. The summed E-state index contributed by atoms with van der Waals surface area (Å²) in [6.45, 7) is 7.30. The van der Waals surface area contributed by atoms with Crippen molar-refractivity contribution in [3.63, 3.8) is 0 Å². The quantitative estimate of drug-likeness (QED) is 0.839. The number of halogens is 1. The van der Waals surface area contributed by atoms with Crippen molar-refractivity contribution in [3.05, 3.63) is 34.9 Å². The number of rotatable bonds is 5. The van der Waals surface area contributed by atoms with Gasteiger partial charge in [-0.15, -0.1) is 0 Å². The summed E-state index contributed by atoms with van der Waals surface area (Å²) in [7, 11) is 0. The van der Waals surface area contributed by atoms with Crippen LogP contribution in [0, 0.1) is 11.8 Å². The molecule has 148 valence electrons. The number of piperazine rings is 1. The number of benzene rings is 1. The second-order valence-electron chi connectivity index (χ2n) is 7.62. The number of nitrogens with one attached hydrogen (secondary N) is 1. The summed E-state index contributed by atoms with van der Waals surface area (Å²) < 4.78 is 0. The first-order valence-corrected chi connectivity index (χ1v) is 10.5. The van der Waals surface area contributed by atoms with E-state index in [4.69, 9.17) is 11.6 Å². The lowest BCUT2D eigenvalue weighted by molar-refractivity contribution is -0.140. The maximum Gasteiger partial charge on any atom is 0.225 e. The molecule has 1 N–H and O–H groups in total. The number of amides is 2. The van der Waals surface area contributed by atoms with Crippen LogP contribution in [0.25, 0.3) is 0 Å². The summed E-state index contributed by atoms with van der Waals surface area (Å²) in [4.78, 5) is 29.6. The van der Waals surface area contributed by atoms with Crippen molar-refractivity contribution < 1.29 is 9.59 Å². The van der Waals surface area contributed by atoms with E-state index in [2.05, 4.69) is 17.1 Å². The second kappa shape index (κ2) is 9.56. The van der Waals surface area contributed by atoms with Gasteiger partial charge < -0.3 is 15.1 Å². The maximum absolute atomic E-state index is 12.8. The smallest absolute Gasteiger partial charge is 0.225 e. The average molecular weight is 392 g/mol. The van der Waals surface area contributed by atoms with Gasteiger partial charge in [0.05, 0.1) is 0 Å². The van der Waals surface area contributed by atoms with Crippen molar-refractivity contribution in [2.24, 2.45) is 11.8 Å². The largest absolute Gasteiger partial charge is 0.352 e. The van der Waals surface area contributed by atoms with Crippen LogP contribution >= 0.6 is 11.6 Å². The van der Waals surface area contributed by atoms with Crippen molar-refractivity contribution in [1.29, 1.82) is 0 Å². The SMILES string of the molecule is CCN1CCN(C(=O)C2CCC(C(=O)NCc3ccccc3Cl)CC2)CC1. The molecule has 1 aliphatic carbocycles. The normalized spacial score (nSPS) is 23.9. The zero-order valence-electron chi connectivity index (χ0n) is 16.1. The van der Waals surface area contributed by atoms with E-state index in [0.717, 1.165) is 64.0 Å². The number of nitrogens with zero attached hydrogens (tertiary/aromatic N) is 2. The number of hydrogen-bond donors (Lipinski definition) is 1. The van der Waals surface area contributed by atoms with Gasteiger partial charge in [0.2, 0.25) is 11.8 Å². The standard InChI is InChI=1S/C21H30ClN3O2/c1-2-24-11-13-25(14-12-24)21(27)17-9-7-16(8-10-17)20(26)23-15-18-5-3-4-6-19(18)22/h3-6,16-17H,2,7-15H2,1H3,(H,23,26). The van der Waals surface area contributed by atoms with Crippen molar-refractivity contribution in [1.82, 2.24) is 15.1 Å². The molecule has 6 heteroatoms. The summed E-state index contributed by atoms with van der Waals surface area (Å²) in [5.41, 5.74) is 0.933. The first kappa shape index (κ1) is 20.2. The number of likely N-dealkylation sites (N-methyl/N-ethyl adjacent to an activating group) is 1. The molecule has 2 amide bonds. The summed E-state index contributed by atoms with van der Waals surface area (Å²) in [5, 5.41) is 3.68. The Hall–Kier alpha value is -1.59. The number of hydrogen-bond acceptors (Lipinski definition) is 3. The van der Waals surface area contributed by atoms with Crippen LogP contribution in [0.4, 0.5) is 0 Å². The third-order valence-electron chi connectivity index (χ3n) is 5.99. The van der Waals surface area contributed by atoms with E-state index in [0.29, 0.717) is 17.5 Å². The van der Waals surface area contributed by atoms with Crippen molar-refractivity contribution in [2.75, 3.05) is 32.7 Å². The van der Waals surface area contributed by atoms with Crippen molar-refractivity contribution in [3.8, 4) is 0 Å². The second-order valence-corrected chi connectivity index (χ2v) is 8.02. The van der Waals surface area contributed by atoms with Crippen LogP contribution in [0.1, 0.15) is 38.2 Å². The Labute approximate surface area is 167 Å². The molecule has 1 heterocycles. The molecule has 0 spiro atoms. The van der Waals surface area contributed by atoms with Gasteiger partial charge in [-0.2, -0.15) is 0 Å². The lowest BCUT2D eigenvalue weighted by atomic mass is 9.80. The summed E-state index contributed by atoms with van der Waals surface area (Å²) in [5.74, 6) is 0.470. The van der Waals surface area contributed by atoms with Crippen LogP contribution in [0.5, 0.6) is 0 Å². The number of carbonyl (C=O) groups is 2. The molecule has 0 radical (unpaired) electrons. The summed E-state index contributed by atoms with van der Waals surface area (Å²) in [6, 6.07) is 7.56. The molecule has 5 nitrogen and oxygen atoms in total. The van der Waals surface area contributed by atoms with Gasteiger partial charge in [-0.1, -0.05) is 36.7 Å². The molecule has 0 bridgehead atoms. The zero-order chi connectivity index (χ0) is 19.2. The molecular weight excluding hydrogens is 362 g/mol. The van der Waals surface area contributed by atoms with Crippen LogP contribution < -0.4 is 5.32 Å². The summed E-state index contributed by atoms with van der Waals surface area (Å²) >= 11 is 6.14. The van der Waals surface area contributed by atoms with Crippen LogP contribution in [0.2, 0.25) is 5.02 Å². The van der Waals surface area contributed by atoms with Crippen molar-refractivity contribution in [2.45, 2.75) is 39.2 Å². The fourth-order valence-corrected chi connectivity index (χ4v) is 4.32. The van der Waals surface area contributed by atoms with E-state index < -0.39 is 0 Å². The predicted molar refractivity (Wildman–Crippen MR) is 107 cm³/mol. The molecule has 0 atom stereocenters. The van der Waals surface area contributed by atoms with Gasteiger partial charge in [-0.25, -0.2) is 0 Å². The van der Waals surface area contributed by atoms with Gasteiger partial charge in [0.25, 0.3) is 0 Å². The molecule has 0 aromatic heterocycles. The van der Waals surface area contributed by atoms with Crippen molar-refractivity contribution >= 4 is 23.4 Å². The Kier molecular flexibility index (Phi) is 7.13. The zero-order valence-corrected chi connectivity index (χ0v) is 16.9.